The molecule has 1 aliphatic heterocycles. The van der Waals surface area contributed by atoms with Crippen molar-refractivity contribution in [2.75, 3.05) is 20.2 Å². The molecule has 0 fully saturated rings. The highest BCUT2D eigenvalue weighted by molar-refractivity contribution is 6.07. The van der Waals surface area contributed by atoms with E-state index in [-0.39, 0.29) is 24.3 Å². The maximum Gasteiger partial charge on any atom is 0.407 e. The molecule has 13 heteroatoms. The van der Waals surface area contributed by atoms with Crippen LogP contribution in [0.3, 0.4) is 0 Å². The van der Waals surface area contributed by atoms with E-state index in [1.54, 1.807) is 16.0 Å². The van der Waals surface area contributed by atoms with Crippen LogP contribution < -0.4 is 15.8 Å². The zero-order valence-corrected chi connectivity index (χ0v) is 33.1. The summed E-state index contributed by atoms with van der Waals surface area (Å²) in [6.07, 6.45) is 2.69. The van der Waals surface area contributed by atoms with Crippen LogP contribution in [0, 0.1) is 5.92 Å². The molecule has 1 aliphatic rings. The first-order chi connectivity index (χ1) is 27.6. The number of fused-ring (bicyclic) bond motifs is 6. The molecule has 0 unspecified atom stereocenters. The van der Waals surface area contributed by atoms with Crippen LogP contribution in [-0.4, -0.2) is 73.9 Å². The van der Waals surface area contributed by atoms with Crippen LogP contribution in [0.25, 0.3) is 44.2 Å². The summed E-state index contributed by atoms with van der Waals surface area (Å²) in [5, 5.41) is 4.67. The van der Waals surface area contributed by atoms with Crippen molar-refractivity contribution in [2.45, 2.75) is 72.3 Å². The lowest BCUT2D eigenvalue weighted by atomic mass is 9.92. The summed E-state index contributed by atoms with van der Waals surface area (Å²) in [5.41, 5.74) is 13.8. The zero-order chi connectivity index (χ0) is 40.2. The summed E-state index contributed by atoms with van der Waals surface area (Å²) in [6, 6.07) is 22.6. The number of H-pyrrole nitrogens is 2. The lowest BCUT2D eigenvalue weighted by Gasteiger charge is -2.28. The minimum Gasteiger partial charge on any atom is -0.488 e. The third kappa shape index (κ3) is 8.20. The molecule has 4 aromatic carbocycles. The number of nitrogens with zero attached hydrogens (tertiary/aromatic N) is 4. The molecule has 0 aliphatic carbocycles. The normalized spacial score (nSPS) is 13.1. The molecule has 3 heterocycles. The van der Waals surface area contributed by atoms with Gasteiger partial charge in [-0.3, -0.25) is 9.59 Å². The molecule has 5 N–H and O–H groups in total. The smallest absolute Gasteiger partial charge is 0.407 e. The first-order valence-corrected chi connectivity index (χ1v) is 19.6. The number of amides is 3. The van der Waals surface area contributed by atoms with E-state index in [9.17, 15) is 14.4 Å². The van der Waals surface area contributed by atoms with Crippen LogP contribution in [0.1, 0.15) is 69.4 Å². The Morgan fingerprint density at radius 3 is 2.35 bits per heavy atom. The van der Waals surface area contributed by atoms with Crippen LogP contribution in [0.5, 0.6) is 5.75 Å². The summed E-state index contributed by atoms with van der Waals surface area (Å²) in [7, 11) is 1.28. The number of imidazole rings is 2. The maximum atomic E-state index is 13.5. The lowest BCUT2D eigenvalue weighted by molar-refractivity contribution is -0.135. The van der Waals surface area contributed by atoms with E-state index in [4.69, 9.17) is 20.2 Å². The highest BCUT2D eigenvalue weighted by atomic mass is 16.5. The molecule has 0 spiro atoms. The van der Waals surface area contributed by atoms with Crippen molar-refractivity contribution >= 4 is 39.7 Å². The molecular formula is C44H50N8O5. The predicted octanol–water partition coefficient (Wildman–Crippen LogP) is 7.22. The molecule has 2 aromatic heterocycles. The third-order valence-corrected chi connectivity index (χ3v) is 10.4. The number of carbonyl (C=O) groups excluding carboxylic acids is 3. The molecule has 0 radical (unpaired) electrons. The molecule has 0 saturated carbocycles. The molecule has 57 heavy (non-hydrogen) atoms. The van der Waals surface area contributed by atoms with Gasteiger partial charge < -0.3 is 40.3 Å². The van der Waals surface area contributed by atoms with Gasteiger partial charge in [-0.05, 0) is 70.7 Å². The molecular weight excluding hydrogens is 721 g/mol. The SMILES string of the molecule is CCCN(Cc1ncc(-c2ccc3c(c2)COc2cc4c(ccc5[nH]c(CN(CCC)C(=O)[C@H](N)c6ccccc6)nc54)cc2-3)[nH]1)C(=O)[C@@H](NC(=O)OC)C(C)C. The van der Waals surface area contributed by atoms with Crippen LogP contribution in [0.2, 0.25) is 0 Å². The van der Waals surface area contributed by atoms with Crippen molar-refractivity contribution in [1.29, 1.82) is 0 Å². The number of rotatable bonds is 14. The quantitative estimate of drug-likeness (QED) is 0.0899. The van der Waals surface area contributed by atoms with Gasteiger partial charge in [0.05, 0.1) is 43.1 Å². The highest BCUT2D eigenvalue weighted by Crippen LogP contribution is 2.42. The second-order valence-electron chi connectivity index (χ2n) is 14.9. The zero-order valence-electron chi connectivity index (χ0n) is 33.1. The fourth-order valence-electron chi connectivity index (χ4n) is 7.50. The van der Waals surface area contributed by atoms with Gasteiger partial charge in [-0.25, -0.2) is 14.8 Å². The Morgan fingerprint density at radius 2 is 1.63 bits per heavy atom. The van der Waals surface area contributed by atoms with E-state index in [0.717, 1.165) is 73.9 Å². The van der Waals surface area contributed by atoms with Crippen molar-refractivity contribution in [3.63, 3.8) is 0 Å². The Labute approximate surface area is 332 Å². The van der Waals surface area contributed by atoms with Crippen molar-refractivity contribution in [2.24, 2.45) is 11.7 Å². The summed E-state index contributed by atoms with van der Waals surface area (Å²) in [6.45, 7) is 9.89. The molecule has 0 saturated heterocycles. The van der Waals surface area contributed by atoms with Crippen LogP contribution in [0.4, 0.5) is 4.79 Å². The van der Waals surface area contributed by atoms with Gasteiger partial charge in [0.2, 0.25) is 11.8 Å². The van der Waals surface area contributed by atoms with Gasteiger partial charge in [-0.15, -0.1) is 0 Å². The van der Waals surface area contributed by atoms with E-state index in [2.05, 4.69) is 56.7 Å². The molecule has 3 amide bonds. The number of hydrogen-bond donors (Lipinski definition) is 4. The number of methoxy groups -OCH3 is 1. The van der Waals surface area contributed by atoms with Crippen LogP contribution in [-0.2, 0) is 34.0 Å². The van der Waals surface area contributed by atoms with Gasteiger partial charge in [0.1, 0.15) is 36.1 Å². The van der Waals surface area contributed by atoms with Gasteiger partial charge >= 0.3 is 6.09 Å². The Balaban J connectivity index is 1.10. The van der Waals surface area contributed by atoms with Gasteiger partial charge in [-0.2, -0.15) is 0 Å². The van der Waals surface area contributed by atoms with Crippen LogP contribution >= 0.6 is 0 Å². The van der Waals surface area contributed by atoms with Crippen molar-refractivity contribution < 1.29 is 23.9 Å². The summed E-state index contributed by atoms with van der Waals surface area (Å²) in [4.78, 5) is 58.9. The predicted molar refractivity (Wildman–Crippen MR) is 220 cm³/mol. The molecule has 296 valence electrons. The first kappa shape index (κ1) is 39.0. The largest absolute Gasteiger partial charge is 0.488 e. The molecule has 6 aromatic rings. The minimum absolute atomic E-state index is 0.126. The molecule has 2 atom stereocenters. The second kappa shape index (κ2) is 16.9. The number of alkyl carbamates (subject to hydrolysis) is 1. The van der Waals surface area contributed by atoms with Crippen molar-refractivity contribution in [3.8, 4) is 28.1 Å². The number of nitrogens with one attached hydrogen (secondary N) is 3. The second-order valence-corrected chi connectivity index (χ2v) is 14.9. The van der Waals surface area contributed by atoms with Crippen molar-refractivity contribution in [1.82, 2.24) is 35.1 Å². The average molecular weight is 771 g/mol. The third-order valence-electron chi connectivity index (χ3n) is 10.4. The Kier molecular flexibility index (Phi) is 11.6. The minimum atomic E-state index is -0.747. The van der Waals surface area contributed by atoms with E-state index >= 15 is 0 Å². The lowest BCUT2D eigenvalue weighted by Crippen LogP contribution is -2.51. The number of nitrogens with two attached hydrogens (primary N) is 1. The van der Waals surface area contributed by atoms with Gasteiger partial charge in [0.25, 0.3) is 0 Å². The Hall–Kier alpha value is -6.21. The highest BCUT2D eigenvalue weighted by Gasteiger charge is 2.30. The maximum absolute atomic E-state index is 13.5. The molecule has 13 nitrogen and oxygen atoms in total. The molecule has 7 rings (SSSR count). The van der Waals surface area contributed by atoms with Crippen LogP contribution in [0.15, 0.2) is 79.0 Å². The van der Waals surface area contributed by atoms with E-state index in [1.165, 1.54) is 7.11 Å². The summed E-state index contributed by atoms with van der Waals surface area (Å²) in [5.74, 6) is 1.67. The topological polar surface area (TPSA) is 172 Å². The van der Waals surface area contributed by atoms with E-state index < -0.39 is 18.2 Å². The molecule has 0 bridgehead atoms. The fraction of sp³-hybridized carbons (Fsp3) is 0.341. The van der Waals surface area contributed by atoms with Gasteiger partial charge in [0.15, 0.2) is 0 Å². The number of ether oxygens (including phenoxy) is 2. The number of aromatic nitrogens is 4. The van der Waals surface area contributed by atoms with Crippen molar-refractivity contribution in [3.05, 3.63) is 102 Å². The first-order valence-electron chi connectivity index (χ1n) is 19.6. The van der Waals surface area contributed by atoms with Gasteiger partial charge in [-0.1, -0.05) is 76.2 Å². The number of aromatic amines is 2. The number of hydrogen-bond acceptors (Lipinski definition) is 8. The van der Waals surface area contributed by atoms with Gasteiger partial charge in [0, 0.05) is 24.0 Å². The Bertz CT molecular complexity index is 2400. The monoisotopic (exact) mass is 770 g/mol. The summed E-state index contributed by atoms with van der Waals surface area (Å²) < 4.78 is 11.1. The summed E-state index contributed by atoms with van der Waals surface area (Å²) >= 11 is 0. The van der Waals surface area contributed by atoms with E-state index in [1.807, 2.05) is 64.1 Å². The fourth-order valence-corrected chi connectivity index (χ4v) is 7.50. The number of carbonyl (C=O) groups is 3. The number of benzene rings is 4. The standard InChI is InChI=1S/C44H50N8O5/c1-6-17-51(42(53)39(45)27-11-9-8-10-12-27)24-38-47-34-16-14-28-20-33-31-15-13-29(19-30(31)25-57-36(33)21-32(28)41(34)49-38)35-22-46-37(48-35)23-52(18-7-2)43(54)40(26(3)4)50-44(55)56-5/h8-16,19-22,26,39-40H,6-7,17-18,23-25,45H2,1-5H3,(H,46,48)(H,47,49)(H,50,55)/t39-,40+/m1/s1. The van der Waals surface area contributed by atoms with E-state index in [0.29, 0.717) is 37.9 Å². The average Bonchev–Trinajstić information content (AvgIpc) is 3.88. The Morgan fingerprint density at radius 1 is 0.895 bits per heavy atom.